The molecule has 2 aromatic carbocycles. The molecule has 3 rings (SSSR count). The average molecular weight is 267 g/mol. The fraction of sp³-hybridized carbons (Fsp3) is 0.188. The molecule has 102 valence electrons. The summed E-state index contributed by atoms with van der Waals surface area (Å²) in [6, 6.07) is 15.9. The molecule has 0 fully saturated rings. The van der Waals surface area contributed by atoms with E-state index in [2.05, 4.69) is 22.0 Å². The number of rotatable bonds is 2. The van der Waals surface area contributed by atoms with Crippen LogP contribution in [0.3, 0.4) is 0 Å². The van der Waals surface area contributed by atoms with Gasteiger partial charge >= 0.3 is 0 Å². The highest BCUT2D eigenvalue weighted by molar-refractivity contribution is 5.88. The Morgan fingerprint density at radius 3 is 2.80 bits per heavy atom. The standard InChI is InChI=1S/C16H17N3O/c1-19(10-12-5-3-2-4-6-12)16-11-20-15-9-13(17)7-8-14(15)18-16/h2-9H,10-11,17H2,1H3. The molecule has 2 aromatic rings. The number of anilines is 1. The summed E-state index contributed by atoms with van der Waals surface area (Å²) in [6.07, 6.45) is 0. The number of nitrogens with zero attached hydrogens (tertiary/aromatic N) is 2. The van der Waals surface area contributed by atoms with Crippen molar-refractivity contribution in [1.82, 2.24) is 4.90 Å². The Bertz CT molecular complexity index is 637. The van der Waals surface area contributed by atoms with Crippen LogP contribution in [0.2, 0.25) is 0 Å². The van der Waals surface area contributed by atoms with Crippen molar-refractivity contribution >= 4 is 17.2 Å². The van der Waals surface area contributed by atoms with E-state index in [1.807, 2.05) is 43.4 Å². The predicted molar refractivity (Wildman–Crippen MR) is 81.4 cm³/mol. The molecule has 1 heterocycles. The van der Waals surface area contributed by atoms with Gasteiger partial charge < -0.3 is 15.4 Å². The molecule has 4 heteroatoms. The number of fused-ring (bicyclic) bond motifs is 1. The molecular formula is C16H17N3O. The van der Waals surface area contributed by atoms with E-state index in [1.54, 1.807) is 0 Å². The molecule has 0 spiro atoms. The molecule has 4 nitrogen and oxygen atoms in total. The molecule has 0 aliphatic carbocycles. The van der Waals surface area contributed by atoms with Crippen LogP contribution < -0.4 is 10.5 Å². The first-order valence-electron chi connectivity index (χ1n) is 6.57. The summed E-state index contributed by atoms with van der Waals surface area (Å²) in [7, 11) is 2.03. The molecule has 1 aliphatic heterocycles. The first-order chi connectivity index (χ1) is 9.72. The van der Waals surface area contributed by atoms with Gasteiger partial charge in [0.25, 0.3) is 0 Å². The highest BCUT2D eigenvalue weighted by atomic mass is 16.5. The maximum Gasteiger partial charge on any atom is 0.147 e. The average Bonchev–Trinajstić information content (AvgIpc) is 2.47. The molecule has 0 radical (unpaired) electrons. The van der Waals surface area contributed by atoms with Crippen molar-refractivity contribution in [2.75, 3.05) is 19.4 Å². The van der Waals surface area contributed by atoms with E-state index in [9.17, 15) is 0 Å². The van der Waals surface area contributed by atoms with E-state index in [0.29, 0.717) is 12.3 Å². The fourth-order valence-electron chi connectivity index (χ4n) is 2.20. The number of ether oxygens (including phenoxy) is 1. The van der Waals surface area contributed by atoms with Gasteiger partial charge in [0.2, 0.25) is 0 Å². The van der Waals surface area contributed by atoms with Crippen molar-refractivity contribution in [1.29, 1.82) is 0 Å². The molecule has 0 unspecified atom stereocenters. The van der Waals surface area contributed by atoms with Crippen molar-refractivity contribution in [2.45, 2.75) is 6.54 Å². The Morgan fingerprint density at radius 1 is 1.20 bits per heavy atom. The normalized spacial score (nSPS) is 13.2. The SMILES string of the molecule is CN(Cc1ccccc1)C1=Nc2ccc(N)cc2OC1. The molecule has 0 amide bonds. The summed E-state index contributed by atoms with van der Waals surface area (Å²) in [4.78, 5) is 6.75. The number of nitrogen functional groups attached to an aromatic ring is 1. The zero-order valence-electron chi connectivity index (χ0n) is 11.4. The summed E-state index contributed by atoms with van der Waals surface area (Å²) < 4.78 is 5.72. The van der Waals surface area contributed by atoms with E-state index in [4.69, 9.17) is 10.5 Å². The van der Waals surface area contributed by atoms with Gasteiger partial charge in [-0.25, -0.2) is 4.99 Å². The number of aliphatic imine (C=N–C) groups is 1. The van der Waals surface area contributed by atoms with Crippen molar-refractivity contribution in [3.05, 3.63) is 54.1 Å². The van der Waals surface area contributed by atoms with Gasteiger partial charge in [0.1, 0.15) is 23.9 Å². The van der Waals surface area contributed by atoms with Gasteiger partial charge in [-0.2, -0.15) is 0 Å². The lowest BCUT2D eigenvalue weighted by Crippen LogP contribution is -2.32. The third-order valence-electron chi connectivity index (χ3n) is 3.29. The fourth-order valence-corrected chi connectivity index (χ4v) is 2.20. The van der Waals surface area contributed by atoms with Crippen LogP contribution in [0.4, 0.5) is 11.4 Å². The molecule has 2 N–H and O–H groups in total. The van der Waals surface area contributed by atoms with Gasteiger partial charge in [0.05, 0.1) is 0 Å². The first kappa shape index (κ1) is 12.5. The quantitative estimate of drug-likeness (QED) is 0.851. The second-order valence-corrected chi connectivity index (χ2v) is 4.89. The maximum atomic E-state index is 5.74. The Hall–Kier alpha value is -2.49. The molecule has 0 saturated heterocycles. The monoisotopic (exact) mass is 267 g/mol. The zero-order chi connectivity index (χ0) is 13.9. The van der Waals surface area contributed by atoms with E-state index < -0.39 is 0 Å². The molecule has 0 aromatic heterocycles. The molecule has 0 saturated carbocycles. The van der Waals surface area contributed by atoms with E-state index in [1.165, 1.54) is 5.56 Å². The van der Waals surface area contributed by atoms with Crippen LogP contribution in [0, 0.1) is 0 Å². The minimum atomic E-state index is 0.472. The Labute approximate surface area is 118 Å². The molecular weight excluding hydrogens is 250 g/mol. The molecule has 1 aliphatic rings. The number of nitrogens with two attached hydrogens (primary N) is 1. The van der Waals surface area contributed by atoms with Gasteiger partial charge in [0, 0.05) is 25.3 Å². The first-order valence-corrected chi connectivity index (χ1v) is 6.57. The number of benzene rings is 2. The van der Waals surface area contributed by atoms with Crippen LogP contribution in [0.15, 0.2) is 53.5 Å². The summed E-state index contributed by atoms with van der Waals surface area (Å²) >= 11 is 0. The van der Waals surface area contributed by atoms with Gasteiger partial charge in [-0.05, 0) is 17.7 Å². The molecule has 0 atom stereocenters. The molecule has 20 heavy (non-hydrogen) atoms. The van der Waals surface area contributed by atoms with Crippen molar-refractivity contribution in [3.63, 3.8) is 0 Å². The van der Waals surface area contributed by atoms with Crippen molar-refractivity contribution < 1.29 is 4.74 Å². The minimum Gasteiger partial charge on any atom is -0.483 e. The lowest BCUT2D eigenvalue weighted by Gasteiger charge is -2.25. The number of hydrogen-bond donors (Lipinski definition) is 1. The smallest absolute Gasteiger partial charge is 0.147 e. The van der Waals surface area contributed by atoms with Crippen LogP contribution in [0.25, 0.3) is 0 Å². The van der Waals surface area contributed by atoms with Crippen LogP contribution in [0.1, 0.15) is 5.56 Å². The van der Waals surface area contributed by atoms with E-state index in [-0.39, 0.29) is 0 Å². The number of hydrogen-bond acceptors (Lipinski definition) is 4. The zero-order valence-corrected chi connectivity index (χ0v) is 11.4. The Balaban J connectivity index is 1.79. The van der Waals surface area contributed by atoms with Crippen LogP contribution in [-0.2, 0) is 6.54 Å². The lowest BCUT2D eigenvalue weighted by molar-refractivity contribution is 0.343. The van der Waals surface area contributed by atoms with Gasteiger partial charge in [-0.1, -0.05) is 30.3 Å². The van der Waals surface area contributed by atoms with Crippen LogP contribution >= 0.6 is 0 Å². The highest BCUT2D eigenvalue weighted by Gasteiger charge is 2.16. The summed E-state index contributed by atoms with van der Waals surface area (Å²) in [5.41, 5.74) is 8.52. The molecule has 0 bridgehead atoms. The largest absolute Gasteiger partial charge is 0.483 e. The van der Waals surface area contributed by atoms with Gasteiger partial charge in [0.15, 0.2) is 0 Å². The maximum absolute atomic E-state index is 5.74. The Kier molecular flexibility index (Phi) is 3.29. The van der Waals surface area contributed by atoms with Crippen molar-refractivity contribution in [3.8, 4) is 5.75 Å². The van der Waals surface area contributed by atoms with E-state index >= 15 is 0 Å². The minimum absolute atomic E-state index is 0.472. The van der Waals surface area contributed by atoms with Crippen LogP contribution in [0.5, 0.6) is 5.75 Å². The van der Waals surface area contributed by atoms with E-state index in [0.717, 1.165) is 23.8 Å². The second-order valence-electron chi connectivity index (χ2n) is 4.89. The highest BCUT2D eigenvalue weighted by Crippen LogP contribution is 2.32. The third-order valence-corrected chi connectivity index (χ3v) is 3.29. The summed E-state index contributed by atoms with van der Waals surface area (Å²) in [5.74, 6) is 1.67. The lowest BCUT2D eigenvalue weighted by atomic mass is 10.2. The van der Waals surface area contributed by atoms with Crippen LogP contribution in [-0.4, -0.2) is 24.4 Å². The summed E-state index contributed by atoms with van der Waals surface area (Å²) in [6.45, 7) is 1.28. The topological polar surface area (TPSA) is 50.8 Å². The second kappa shape index (κ2) is 5.25. The van der Waals surface area contributed by atoms with Gasteiger partial charge in [-0.15, -0.1) is 0 Å². The summed E-state index contributed by atoms with van der Waals surface area (Å²) in [5, 5.41) is 0. The Morgan fingerprint density at radius 2 is 2.00 bits per heavy atom. The number of amidine groups is 1. The third kappa shape index (κ3) is 2.59. The number of likely N-dealkylation sites (N-methyl/N-ethyl adjacent to an activating group) is 1. The van der Waals surface area contributed by atoms with Gasteiger partial charge in [-0.3, -0.25) is 0 Å². The predicted octanol–water partition coefficient (Wildman–Crippen LogP) is 2.82. The van der Waals surface area contributed by atoms with Crippen molar-refractivity contribution in [2.24, 2.45) is 4.99 Å².